The molecule has 2 aromatic rings. The number of aryl methyl sites for hydroxylation is 2. The van der Waals surface area contributed by atoms with E-state index in [1.807, 2.05) is 24.3 Å². The Bertz CT molecular complexity index is 816. The molecule has 2 aliphatic rings. The quantitative estimate of drug-likeness (QED) is 0.860. The molecule has 4 rings (SSSR count). The fourth-order valence-corrected chi connectivity index (χ4v) is 4.34. The van der Waals surface area contributed by atoms with E-state index in [0.717, 1.165) is 12.8 Å². The van der Waals surface area contributed by atoms with Gasteiger partial charge >= 0.3 is 6.09 Å². The van der Waals surface area contributed by atoms with Crippen LogP contribution in [-0.4, -0.2) is 53.1 Å². The third-order valence-corrected chi connectivity index (χ3v) is 5.67. The third-order valence-electron chi connectivity index (χ3n) is 5.67. The Morgan fingerprint density at radius 3 is 2.08 bits per heavy atom. The van der Waals surface area contributed by atoms with Crippen molar-refractivity contribution in [2.45, 2.75) is 24.8 Å². The Morgan fingerprint density at radius 1 is 1.00 bits per heavy atom. The number of fused-ring (bicyclic) bond motifs is 2. The zero-order valence-electron chi connectivity index (χ0n) is 14.8. The van der Waals surface area contributed by atoms with Gasteiger partial charge in [0, 0.05) is 19.5 Å². The molecule has 1 fully saturated rings. The van der Waals surface area contributed by atoms with Crippen molar-refractivity contribution in [3.05, 3.63) is 70.8 Å². The Balaban J connectivity index is 1.88. The smallest absolute Gasteiger partial charge is 0.408 e. The van der Waals surface area contributed by atoms with Gasteiger partial charge in [0.2, 0.25) is 5.91 Å². The van der Waals surface area contributed by atoms with E-state index in [9.17, 15) is 14.7 Å². The summed E-state index contributed by atoms with van der Waals surface area (Å²) in [5, 5.41) is 9.76. The molecule has 1 atom stereocenters. The molecule has 2 amide bonds. The molecule has 26 heavy (non-hydrogen) atoms. The van der Waals surface area contributed by atoms with E-state index in [2.05, 4.69) is 24.3 Å². The van der Waals surface area contributed by atoms with Crippen LogP contribution in [0.15, 0.2) is 48.5 Å². The summed E-state index contributed by atoms with van der Waals surface area (Å²) in [4.78, 5) is 27.0. The van der Waals surface area contributed by atoms with Crippen LogP contribution in [0, 0.1) is 0 Å². The van der Waals surface area contributed by atoms with Gasteiger partial charge in [0.05, 0.1) is 6.04 Å². The number of rotatable bonds is 1. The van der Waals surface area contributed by atoms with Crippen molar-refractivity contribution in [1.82, 2.24) is 9.80 Å². The summed E-state index contributed by atoms with van der Waals surface area (Å²) in [6, 6.07) is 16.3. The largest absolute Gasteiger partial charge is 0.465 e. The van der Waals surface area contributed by atoms with E-state index in [0.29, 0.717) is 6.54 Å². The maximum absolute atomic E-state index is 12.1. The molecule has 0 spiro atoms. The minimum atomic E-state index is -1.03. The van der Waals surface area contributed by atoms with Gasteiger partial charge in [-0.3, -0.25) is 9.69 Å². The molecular formula is C21H22N2O3. The second kappa shape index (κ2) is 6.48. The van der Waals surface area contributed by atoms with Gasteiger partial charge in [-0.05, 0) is 35.1 Å². The number of carboxylic acid groups (broad SMARTS) is 1. The number of carbonyl (C=O) groups excluding carboxylic acids is 1. The number of hydrogen-bond acceptors (Lipinski definition) is 2. The van der Waals surface area contributed by atoms with Gasteiger partial charge in [0.25, 0.3) is 0 Å². The second-order valence-corrected chi connectivity index (χ2v) is 7.13. The Hall–Kier alpha value is -2.82. The molecule has 1 aliphatic carbocycles. The molecule has 1 heterocycles. The molecule has 134 valence electrons. The van der Waals surface area contributed by atoms with Crippen LogP contribution in [0.2, 0.25) is 0 Å². The first-order chi connectivity index (χ1) is 12.6. The standard InChI is InChI=1S/C21H22N2O3/c1-22-12-18(23(21(25)26)13-19(22)24)20-16-8-4-2-6-14(16)10-11-15-7-3-5-9-17(15)20/h2-9,18,20H,10-13H2,1H3,(H,25,26)/t18-/m1/s1. The molecule has 1 saturated heterocycles. The van der Waals surface area contributed by atoms with Crippen LogP contribution in [0.1, 0.15) is 28.2 Å². The minimum absolute atomic E-state index is 0.0726. The number of carbonyl (C=O) groups is 2. The van der Waals surface area contributed by atoms with Crippen molar-refractivity contribution >= 4 is 12.0 Å². The van der Waals surface area contributed by atoms with Crippen molar-refractivity contribution in [3.63, 3.8) is 0 Å². The fourth-order valence-electron chi connectivity index (χ4n) is 4.34. The van der Waals surface area contributed by atoms with Gasteiger partial charge in [-0.15, -0.1) is 0 Å². The van der Waals surface area contributed by atoms with Gasteiger partial charge < -0.3 is 10.0 Å². The maximum Gasteiger partial charge on any atom is 0.408 e. The lowest BCUT2D eigenvalue weighted by Gasteiger charge is -2.42. The Labute approximate surface area is 152 Å². The average Bonchev–Trinajstić information content (AvgIpc) is 2.80. The third kappa shape index (κ3) is 2.73. The summed E-state index contributed by atoms with van der Waals surface area (Å²) in [5.41, 5.74) is 4.88. The number of benzene rings is 2. The molecule has 0 bridgehead atoms. The lowest BCUT2D eigenvalue weighted by molar-refractivity contribution is -0.136. The SMILES string of the molecule is CN1C[C@H](C2c3ccccc3CCc3ccccc32)N(C(=O)O)CC1=O. The van der Waals surface area contributed by atoms with Crippen molar-refractivity contribution in [3.8, 4) is 0 Å². The maximum atomic E-state index is 12.1. The first-order valence-electron chi connectivity index (χ1n) is 8.95. The highest BCUT2D eigenvalue weighted by Crippen LogP contribution is 2.39. The molecule has 1 aliphatic heterocycles. The van der Waals surface area contributed by atoms with E-state index in [1.54, 1.807) is 11.9 Å². The predicted molar refractivity (Wildman–Crippen MR) is 98.3 cm³/mol. The number of piperazine rings is 1. The first-order valence-corrected chi connectivity index (χ1v) is 8.95. The zero-order chi connectivity index (χ0) is 18.3. The van der Waals surface area contributed by atoms with E-state index >= 15 is 0 Å². The molecule has 5 heteroatoms. The van der Waals surface area contributed by atoms with Crippen molar-refractivity contribution < 1.29 is 14.7 Å². The average molecular weight is 350 g/mol. The van der Waals surface area contributed by atoms with Crippen molar-refractivity contribution in [2.24, 2.45) is 0 Å². The van der Waals surface area contributed by atoms with Crippen LogP contribution in [0.5, 0.6) is 0 Å². The molecule has 0 unspecified atom stereocenters. The summed E-state index contributed by atoms with van der Waals surface area (Å²) in [6.07, 6.45) is 0.854. The molecule has 0 saturated carbocycles. The normalized spacial score (nSPS) is 20.3. The summed E-state index contributed by atoms with van der Waals surface area (Å²) in [7, 11) is 1.75. The summed E-state index contributed by atoms with van der Waals surface area (Å²) >= 11 is 0. The second-order valence-electron chi connectivity index (χ2n) is 7.13. The Kier molecular flexibility index (Phi) is 4.15. The van der Waals surface area contributed by atoms with E-state index < -0.39 is 6.09 Å². The highest BCUT2D eigenvalue weighted by atomic mass is 16.4. The summed E-state index contributed by atoms with van der Waals surface area (Å²) < 4.78 is 0. The first kappa shape index (κ1) is 16.6. The van der Waals surface area contributed by atoms with Crippen molar-refractivity contribution in [1.29, 1.82) is 0 Å². The lowest BCUT2D eigenvalue weighted by atomic mass is 9.81. The van der Waals surface area contributed by atoms with Crippen LogP contribution in [0.25, 0.3) is 0 Å². The van der Waals surface area contributed by atoms with Gasteiger partial charge in [0.1, 0.15) is 6.54 Å². The summed E-state index contributed by atoms with van der Waals surface area (Å²) in [5.74, 6) is -0.226. The van der Waals surface area contributed by atoms with E-state index in [4.69, 9.17) is 0 Å². The predicted octanol–water partition coefficient (Wildman–Crippen LogP) is 2.74. The number of hydrogen-bond donors (Lipinski definition) is 1. The van der Waals surface area contributed by atoms with Crippen LogP contribution < -0.4 is 0 Å². The van der Waals surface area contributed by atoms with Gasteiger partial charge in [-0.25, -0.2) is 4.79 Å². The highest BCUT2D eigenvalue weighted by molar-refractivity contribution is 5.83. The van der Waals surface area contributed by atoms with Crippen LogP contribution in [0.4, 0.5) is 4.79 Å². The molecule has 2 aromatic carbocycles. The lowest BCUT2D eigenvalue weighted by Crippen LogP contribution is -2.58. The van der Waals surface area contributed by atoms with Crippen molar-refractivity contribution in [2.75, 3.05) is 20.1 Å². The highest BCUT2D eigenvalue weighted by Gasteiger charge is 2.41. The van der Waals surface area contributed by atoms with E-state index in [-0.39, 0.29) is 24.4 Å². The molecule has 1 N–H and O–H groups in total. The molecule has 5 nitrogen and oxygen atoms in total. The van der Waals surface area contributed by atoms with Crippen LogP contribution >= 0.6 is 0 Å². The van der Waals surface area contributed by atoms with Gasteiger partial charge in [-0.2, -0.15) is 0 Å². The molecule has 0 radical (unpaired) electrons. The van der Waals surface area contributed by atoms with Gasteiger partial charge in [0.15, 0.2) is 0 Å². The number of likely N-dealkylation sites (N-methyl/N-ethyl adjacent to an activating group) is 1. The summed E-state index contributed by atoms with van der Waals surface area (Å²) in [6.45, 7) is 0.315. The van der Waals surface area contributed by atoms with E-state index in [1.165, 1.54) is 27.2 Å². The number of amides is 2. The van der Waals surface area contributed by atoms with Gasteiger partial charge in [-0.1, -0.05) is 48.5 Å². The molecular weight excluding hydrogens is 328 g/mol. The monoisotopic (exact) mass is 350 g/mol. The Morgan fingerprint density at radius 2 is 1.54 bits per heavy atom. The zero-order valence-corrected chi connectivity index (χ0v) is 14.8. The number of nitrogens with zero attached hydrogens (tertiary/aromatic N) is 2. The van der Waals surface area contributed by atoms with Crippen LogP contribution in [-0.2, 0) is 17.6 Å². The minimum Gasteiger partial charge on any atom is -0.465 e. The topological polar surface area (TPSA) is 60.9 Å². The van der Waals surface area contributed by atoms with Crippen LogP contribution in [0.3, 0.4) is 0 Å². The fraction of sp³-hybridized carbons (Fsp3) is 0.333. The molecule has 0 aromatic heterocycles.